The molecule has 5 rings (SSSR count). The van der Waals surface area contributed by atoms with Gasteiger partial charge in [-0.25, -0.2) is 4.98 Å². The topological polar surface area (TPSA) is 64.4 Å². The normalized spacial score (nSPS) is 12.1. The summed E-state index contributed by atoms with van der Waals surface area (Å²) in [5.41, 5.74) is 1.62. The van der Waals surface area contributed by atoms with Gasteiger partial charge in [-0.05, 0) is 59.5 Å². The van der Waals surface area contributed by atoms with Crippen LogP contribution in [0.25, 0.3) is 27.4 Å². The fourth-order valence-corrected chi connectivity index (χ4v) is 5.20. The van der Waals surface area contributed by atoms with Crippen LogP contribution in [0.5, 0.6) is 5.75 Å². The van der Waals surface area contributed by atoms with Gasteiger partial charge in [-0.3, -0.25) is 14.2 Å². The minimum atomic E-state index is -0.450. The number of benzene rings is 4. The molecule has 0 bridgehead atoms. The number of carbonyl (C=O) groups excluding carboxylic acids is 1. The van der Waals surface area contributed by atoms with Crippen LogP contribution in [-0.2, 0) is 0 Å². The first-order chi connectivity index (χ1) is 18.9. The summed E-state index contributed by atoms with van der Waals surface area (Å²) in [6.07, 6.45) is 0.575. The maximum atomic E-state index is 14.2. The van der Waals surface area contributed by atoms with Gasteiger partial charge in [0.2, 0.25) is 0 Å². The first-order valence-electron chi connectivity index (χ1n) is 13.4. The Hall–Kier alpha value is -4.45. The van der Waals surface area contributed by atoms with Gasteiger partial charge in [-0.2, -0.15) is 0 Å². The molecular weight excluding hydrogens is 486 g/mol. The highest BCUT2D eigenvalue weighted by atomic mass is 16.5. The Morgan fingerprint density at radius 2 is 1.62 bits per heavy atom. The summed E-state index contributed by atoms with van der Waals surface area (Å²) >= 11 is 0. The molecule has 198 valence electrons. The van der Waals surface area contributed by atoms with Crippen molar-refractivity contribution in [1.82, 2.24) is 14.5 Å². The monoisotopic (exact) mass is 519 g/mol. The summed E-state index contributed by atoms with van der Waals surface area (Å²) < 4.78 is 7.27. The van der Waals surface area contributed by atoms with Crippen molar-refractivity contribution >= 4 is 27.6 Å². The van der Waals surface area contributed by atoms with Gasteiger partial charge in [0.25, 0.3) is 11.5 Å². The Labute approximate surface area is 228 Å². The van der Waals surface area contributed by atoms with E-state index in [9.17, 15) is 9.59 Å². The Morgan fingerprint density at radius 3 is 2.36 bits per heavy atom. The van der Waals surface area contributed by atoms with E-state index in [4.69, 9.17) is 9.72 Å². The van der Waals surface area contributed by atoms with Gasteiger partial charge in [0.05, 0.1) is 29.7 Å². The zero-order valence-corrected chi connectivity index (χ0v) is 22.8. The second-order valence-corrected chi connectivity index (χ2v) is 10.1. The van der Waals surface area contributed by atoms with Gasteiger partial charge >= 0.3 is 0 Å². The lowest BCUT2D eigenvalue weighted by Crippen LogP contribution is -2.40. The number of rotatable bonds is 8. The van der Waals surface area contributed by atoms with Crippen LogP contribution in [0.4, 0.5) is 0 Å². The molecule has 1 amide bonds. The third-order valence-electron chi connectivity index (χ3n) is 7.01. The van der Waals surface area contributed by atoms with Crippen molar-refractivity contribution in [3.05, 3.63) is 113 Å². The molecule has 6 nitrogen and oxygen atoms in total. The maximum Gasteiger partial charge on any atom is 0.266 e. The highest BCUT2D eigenvalue weighted by molar-refractivity contribution is 5.98. The number of carbonyl (C=O) groups is 1. The van der Waals surface area contributed by atoms with Gasteiger partial charge in [0.1, 0.15) is 11.6 Å². The molecule has 0 saturated heterocycles. The fraction of sp³-hybridized carbons (Fsp3) is 0.242. The highest BCUT2D eigenvalue weighted by Gasteiger charge is 2.31. The molecule has 39 heavy (non-hydrogen) atoms. The minimum Gasteiger partial charge on any atom is -0.495 e. The fourth-order valence-electron chi connectivity index (χ4n) is 5.20. The van der Waals surface area contributed by atoms with Gasteiger partial charge in [0, 0.05) is 12.1 Å². The van der Waals surface area contributed by atoms with E-state index in [-0.39, 0.29) is 17.4 Å². The van der Waals surface area contributed by atoms with Crippen molar-refractivity contribution in [3.8, 4) is 11.4 Å². The molecule has 4 aromatic carbocycles. The van der Waals surface area contributed by atoms with E-state index in [1.165, 1.54) is 0 Å². The number of para-hydroxylation sites is 3. The first kappa shape index (κ1) is 26.2. The molecule has 5 aromatic rings. The molecule has 0 fully saturated rings. The molecule has 0 aliphatic carbocycles. The molecule has 0 N–H and O–H groups in total. The van der Waals surface area contributed by atoms with Crippen molar-refractivity contribution in [3.63, 3.8) is 0 Å². The van der Waals surface area contributed by atoms with Crippen LogP contribution >= 0.6 is 0 Å². The summed E-state index contributed by atoms with van der Waals surface area (Å²) in [4.78, 5) is 35.1. The lowest BCUT2D eigenvalue weighted by molar-refractivity contribution is 0.0631. The Kier molecular flexibility index (Phi) is 7.46. The zero-order valence-electron chi connectivity index (χ0n) is 22.8. The van der Waals surface area contributed by atoms with Crippen molar-refractivity contribution in [2.45, 2.75) is 33.2 Å². The number of ether oxygens (including phenoxy) is 1. The number of hydrogen-bond acceptors (Lipinski definition) is 4. The molecule has 1 heterocycles. The molecule has 1 aromatic heterocycles. The largest absolute Gasteiger partial charge is 0.495 e. The van der Waals surface area contributed by atoms with Crippen LogP contribution in [0.1, 0.15) is 49.4 Å². The Bertz CT molecular complexity index is 1710. The average molecular weight is 520 g/mol. The lowest BCUT2D eigenvalue weighted by Gasteiger charge is -2.34. The van der Waals surface area contributed by atoms with Crippen molar-refractivity contribution in [1.29, 1.82) is 0 Å². The number of hydrogen-bond donors (Lipinski definition) is 0. The van der Waals surface area contributed by atoms with Gasteiger partial charge in [-0.1, -0.05) is 75.4 Å². The molecule has 0 aliphatic rings. The summed E-state index contributed by atoms with van der Waals surface area (Å²) in [5, 5.41) is 2.60. The predicted octanol–water partition coefficient (Wildman–Crippen LogP) is 6.80. The molecule has 0 spiro atoms. The molecule has 0 aliphatic heterocycles. The van der Waals surface area contributed by atoms with Gasteiger partial charge < -0.3 is 9.64 Å². The second-order valence-electron chi connectivity index (χ2n) is 10.1. The highest BCUT2D eigenvalue weighted by Crippen LogP contribution is 2.31. The Balaban J connectivity index is 1.73. The van der Waals surface area contributed by atoms with Crippen LogP contribution < -0.4 is 10.3 Å². The van der Waals surface area contributed by atoms with E-state index in [1.54, 1.807) is 17.7 Å². The van der Waals surface area contributed by atoms with E-state index >= 15 is 0 Å². The SMILES string of the molecule is CCC(c1nc2ccccc2c(=O)n1-c1ccccc1OC)N(CC(C)C)C(=O)c1ccc2ccccc2c1. The van der Waals surface area contributed by atoms with E-state index in [0.29, 0.717) is 46.7 Å². The Morgan fingerprint density at radius 1 is 0.923 bits per heavy atom. The van der Waals surface area contributed by atoms with E-state index in [2.05, 4.69) is 13.8 Å². The summed E-state index contributed by atoms with van der Waals surface area (Å²) in [6, 6.07) is 28.1. The third kappa shape index (κ3) is 5.02. The van der Waals surface area contributed by atoms with Gasteiger partial charge in [0.15, 0.2) is 0 Å². The molecule has 1 unspecified atom stereocenters. The number of fused-ring (bicyclic) bond motifs is 2. The zero-order chi connectivity index (χ0) is 27.5. The summed E-state index contributed by atoms with van der Waals surface area (Å²) in [5.74, 6) is 1.19. The van der Waals surface area contributed by atoms with Crippen LogP contribution in [0.2, 0.25) is 0 Å². The predicted molar refractivity (Wildman–Crippen MR) is 157 cm³/mol. The summed E-state index contributed by atoms with van der Waals surface area (Å²) in [6.45, 7) is 6.72. The molecule has 6 heteroatoms. The van der Waals surface area contributed by atoms with E-state index in [0.717, 1.165) is 10.8 Å². The lowest BCUT2D eigenvalue weighted by atomic mass is 10.0. The first-order valence-corrected chi connectivity index (χ1v) is 13.4. The van der Waals surface area contributed by atoms with Crippen molar-refractivity contribution in [2.24, 2.45) is 5.92 Å². The number of nitrogens with zero attached hydrogens (tertiary/aromatic N) is 3. The second kappa shape index (κ2) is 11.1. The molecule has 0 saturated carbocycles. The van der Waals surface area contributed by atoms with Crippen LogP contribution in [-0.4, -0.2) is 34.0 Å². The number of methoxy groups -OCH3 is 1. The number of aromatic nitrogens is 2. The van der Waals surface area contributed by atoms with Crippen molar-refractivity contribution in [2.75, 3.05) is 13.7 Å². The summed E-state index contributed by atoms with van der Waals surface area (Å²) in [7, 11) is 1.59. The van der Waals surface area contributed by atoms with Crippen LogP contribution in [0.15, 0.2) is 95.8 Å². The quantitative estimate of drug-likeness (QED) is 0.226. The standard InChI is InChI=1S/C33H33N3O3/c1-5-28(35(21-22(2)3)32(37)25-19-18-23-12-6-7-13-24(23)20-25)31-34-27-15-9-8-14-26(27)33(38)36(31)29-16-10-11-17-30(29)39-4/h6-20,22,28H,5,21H2,1-4H3. The third-order valence-corrected chi connectivity index (χ3v) is 7.01. The molecule has 1 atom stereocenters. The van der Waals surface area contributed by atoms with E-state index in [1.807, 2.05) is 96.8 Å². The smallest absolute Gasteiger partial charge is 0.266 e. The molecular formula is C33H33N3O3. The van der Waals surface area contributed by atoms with Gasteiger partial charge in [-0.15, -0.1) is 0 Å². The van der Waals surface area contributed by atoms with Crippen LogP contribution in [0.3, 0.4) is 0 Å². The average Bonchev–Trinajstić information content (AvgIpc) is 2.96. The minimum absolute atomic E-state index is 0.0877. The maximum absolute atomic E-state index is 14.2. The molecule has 0 radical (unpaired) electrons. The van der Waals surface area contributed by atoms with Crippen molar-refractivity contribution < 1.29 is 9.53 Å². The number of amides is 1. The van der Waals surface area contributed by atoms with Crippen LogP contribution in [0, 0.1) is 5.92 Å². The van der Waals surface area contributed by atoms with E-state index < -0.39 is 6.04 Å².